The van der Waals surface area contributed by atoms with Gasteiger partial charge in [0.25, 0.3) is 0 Å². The van der Waals surface area contributed by atoms with Crippen LogP contribution in [-0.2, 0) is 0 Å². The van der Waals surface area contributed by atoms with E-state index in [1.807, 2.05) is 0 Å². The minimum Gasteiger partial charge on any atom is -0.455 e. The van der Waals surface area contributed by atoms with Gasteiger partial charge in [-0.3, -0.25) is 0 Å². The molecule has 254 valence electrons. The molecule has 1 heterocycles. The highest BCUT2D eigenvalue weighted by Gasteiger charge is 2.23. The lowest BCUT2D eigenvalue weighted by molar-refractivity contribution is 0.670. The molecule has 0 spiro atoms. The van der Waals surface area contributed by atoms with Crippen molar-refractivity contribution < 1.29 is 4.42 Å². The molecule has 0 saturated heterocycles. The molecule has 0 unspecified atom stereocenters. The SMILES string of the molecule is c1ccc(-c2ccc(N(c3ccc(-c4ccccc4)cc3-c3ccccc3)c3ccccc3-c3cccc4c3oc3cc5ccccc5cc34)cc2)cc1. The largest absolute Gasteiger partial charge is 0.455 e. The van der Waals surface area contributed by atoms with E-state index < -0.39 is 0 Å². The fourth-order valence-corrected chi connectivity index (χ4v) is 7.82. The van der Waals surface area contributed by atoms with Gasteiger partial charge < -0.3 is 9.32 Å². The van der Waals surface area contributed by atoms with E-state index in [1.54, 1.807) is 0 Å². The number of furan rings is 1. The molecule has 0 atom stereocenters. The average Bonchev–Trinajstić information content (AvgIpc) is 3.62. The third kappa shape index (κ3) is 5.62. The smallest absolute Gasteiger partial charge is 0.143 e. The second kappa shape index (κ2) is 13.4. The van der Waals surface area contributed by atoms with Gasteiger partial charge in [-0.05, 0) is 81.1 Å². The first kappa shape index (κ1) is 31.6. The Hall–Kier alpha value is -7.16. The second-order valence-electron chi connectivity index (χ2n) is 13.7. The van der Waals surface area contributed by atoms with Gasteiger partial charge in [0, 0.05) is 33.2 Å². The summed E-state index contributed by atoms with van der Waals surface area (Å²) in [4.78, 5) is 2.41. The number of rotatable bonds is 7. The molecule has 9 aromatic carbocycles. The molecule has 10 rings (SSSR count). The molecule has 0 aliphatic heterocycles. The Labute approximate surface area is 314 Å². The molecule has 1 aromatic heterocycles. The molecule has 0 saturated carbocycles. The van der Waals surface area contributed by atoms with Crippen molar-refractivity contribution in [2.45, 2.75) is 0 Å². The van der Waals surface area contributed by atoms with Gasteiger partial charge >= 0.3 is 0 Å². The highest BCUT2D eigenvalue weighted by Crippen LogP contribution is 2.48. The van der Waals surface area contributed by atoms with Crippen molar-refractivity contribution in [3.63, 3.8) is 0 Å². The molecule has 2 nitrogen and oxygen atoms in total. The van der Waals surface area contributed by atoms with Gasteiger partial charge in [0.15, 0.2) is 0 Å². The molecule has 0 aliphatic carbocycles. The van der Waals surface area contributed by atoms with Crippen LogP contribution in [-0.4, -0.2) is 0 Å². The third-order valence-corrected chi connectivity index (χ3v) is 10.5. The molecule has 0 bridgehead atoms. The van der Waals surface area contributed by atoms with Crippen molar-refractivity contribution in [3.05, 3.63) is 212 Å². The number of anilines is 3. The molecule has 0 N–H and O–H groups in total. The Morgan fingerprint density at radius 3 is 1.57 bits per heavy atom. The van der Waals surface area contributed by atoms with Gasteiger partial charge in [-0.15, -0.1) is 0 Å². The van der Waals surface area contributed by atoms with E-state index >= 15 is 0 Å². The summed E-state index contributed by atoms with van der Waals surface area (Å²) in [5.41, 5.74) is 14.2. The van der Waals surface area contributed by atoms with E-state index in [0.29, 0.717) is 0 Å². The molecule has 2 heteroatoms. The first-order valence-corrected chi connectivity index (χ1v) is 18.4. The minimum atomic E-state index is 0.886. The van der Waals surface area contributed by atoms with Crippen molar-refractivity contribution >= 4 is 49.8 Å². The Bertz CT molecular complexity index is 2910. The van der Waals surface area contributed by atoms with E-state index in [0.717, 1.165) is 61.3 Å². The maximum absolute atomic E-state index is 6.80. The third-order valence-electron chi connectivity index (χ3n) is 10.5. The summed E-state index contributed by atoms with van der Waals surface area (Å²) in [5, 5.41) is 4.61. The Balaban J connectivity index is 1.21. The van der Waals surface area contributed by atoms with Crippen molar-refractivity contribution in [1.82, 2.24) is 0 Å². The van der Waals surface area contributed by atoms with Crippen LogP contribution in [0.3, 0.4) is 0 Å². The minimum absolute atomic E-state index is 0.886. The number of fused-ring (bicyclic) bond motifs is 4. The second-order valence-corrected chi connectivity index (χ2v) is 13.7. The summed E-state index contributed by atoms with van der Waals surface area (Å²) in [5.74, 6) is 0. The van der Waals surface area contributed by atoms with Crippen LogP contribution < -0.4 is 4.90 Å². The summed E-state index contributed by atoms with van der Waals surface area (Å²) in [7, 11) is 0. The van der Waals surface area contributed by atoms with Crippen LogP contribution in [0.15, 0.2) is 217 Å². The Morgan fingerprint density at radius 2 is 0.852 bits per heavy atom. The van der Waals surface area contributed by atoms with E-state index in [-0.39, 0.29) is 0 Å². The van der Waals surface area contributed by atoms with Gasteiger partial charge in [-0.1, -0.05) is 170 Å². The van der Waals surface area contributed by atoms with Gasteiger partial charge in [-0.25, -0.2) is 0 Å². The van der Waals surface area contributed by atoms with Crippen LogP contribution in [0.4, 0.5) is 17.1 Å². The number of hydrogen-bond acceptors (Lipinski definition) is 2. The molecule has 54 heavy (non-hydrogen) atoms. The van der Waals surface area contributed by atoms with Crippen LogP contribution in [0.2, 0.25) is 0 Å². The Morgan fingerprint density at radius 1 is 0.315 bits per heavy atom. The van der Waals surface area contributed by atoms with E-state index in [2.05, 4.69) is 217 Å². The lowest BCUT2D eigenvalue weighted by atomic mass is 9.94. The topological polar surface area (TPSA) is 16.4 Å². The summed E-state index contributed by atoms with van der Waals surface area (Å²) in [6.45, 7) is 0. The van der Waals surface area contributed by atoms with Crippen molar-refractivity contribution in [1.29, 1.82) is 0 Å². The Kier molecular flexibility index (Phi) is 7.85. The highest BCUT2D eigenvalue weighted by molar-refractivity contribution is 6.14. The van der Waals surface area contributed by atoms with Crippen molar-refractivity contribution in [3.8, 4) is 44.5 Å². The van der Waals surface area contributed by atoms with E-state index in [4.69, 9.17) is 4.42 Å². The molecule has 0 aliphatic rings. The molecule has 10 aromatic rings. The summed E-state index contributed by atoms with van der Waals surface area (Å²) in [6.07, 6.45) is 0. The van der Waals surface area contributed by atoms with Crippen LogP contribution in [0.1, 0.15) is 0 Å². The molecule has 0 fully saturated rings. The van der Waals surface area contributed by atoms with Crippen molar-refractivity contribution in [2.24, 2.45) is 0 Å². The maximum Gasteiger partial charge on any atom is 0.143 e. The van der Waals surface area contributed by atoms with Crippen LogP contribution in [0.25, 0.3) is 77.2 Å². The van der Waals surface area contributed by atoms with Crippen LogP contribution in [0, 0.1) is 0 Å². The molecular formula is C52H35NO. The zero-order valence-corrected chi connectivity index (χ0v) is 29.6. The quantitative estimate of drug-likeness (QED) is 0.166. The summed E-state index contributed by atoms with van der Waals surface area (Å²) >= 11 is 0. The standard InChI is InChI=1S/C52H35NO/c1-4-15-36(16-5-1)38-27-30-43(31-28-38)53(50-32-29-42(37-17-6-2-7-18-37)33-47(50)39-19-8-3-9-20-39)49-26-13-12-23-44(49)45-24-14-25-46-48-34-40-21-10-11-22-41(40)35-51(48)54-52(45)46/h1-35H. The van der Waals surface area contributed by atoms with Gasteiger partial charge in [-0.2, -0.15) is 0 Å². The van der Waals surface area contributed by atoms with E-state index in [1.165, 1.54) is 33.0 Å². The highest BCUT2D eigenvalue weighted by atomic mass is 16.3. The first-order chi connectivity index (χ1) is 26.8. The fourth-order valence-electron chi connectivity index (χ4n) is 7.82. The zero-order chi connectivity index (χ0) is 35.8. The summed E-state index contributed by atoms with van der Waals surface area (Å²) in [6, 6.07) is 75.9. The number of nitrogens with zero attached hydrogens (tertiary/aromatic N) is 1. The summed E-state index contributed by atoms with van der Waals surface area (Å²) < 4.78 is 6.80. The monoisotopic (exact) mass is 689 g/mol. The van der Waals surface area contributed by atoms with Gasteiger partial charge in [0.1, 0.15) is 11.2 Å². The van der Waals surface area contributed by atoms with Gasteiger partial charge in [0.2, 0.25) is 0 Å². The average molecular weight is 690 g/mol. The van der Waals surface area contributed by atoms with Crippen molar-refractivity contribution in [2.75, 3.05) is 4.90 Å². The normalized spacial score (nSPS) is 11.3. The van der Waals surface area contributed by atoms with Gasteiger partial charge in [0.05, 0.1) is 11.4 Å². The lowest BCUT2D eigenvalue weighted by Gasteiger charge is -2.30. The molecule has 0 amide bonds. The number of hydrogen-bond donors (Lipinski definition) is 0. The predicted molar refractivity (Wildman–Crippen MR) is 228 cm³/mol. The zero-order valence-electron chi connectivity index (χ0n) is 29.6. The first-order valence-electron chi connectivity index (χ1n) is 18.4. The molecule has 0 radical (unpaired) electrons. The fraction of sp³-hybridized carbons (Fsp3) is 0. The molecular weight excluding hydrogens is 655 g/mol. The maximum atomic E-state index is 6.80. The van der Waals surface area contributed by atoms with Crippen LogP contribution >= 0.6 is 0 Å². The van der Waals surface area contributed by atoms with E-state index in [9.17, 15) is 0 Å². The predicted octanol–water partition coefficient (Wildman–Crippen LogP) is 14.9. The lowest BCUT2D eigenvalue weighted by Crippen LogP contribution is -2.12. The van der Waals surface area contributed by atoms with Crippen LogP contribution in [0.5, 0.6) is 0 Å². The number of benzene rings is 9. The number of para-hydroxylation sites is 2.